The maximum Gasteiger partial charge on any atom is 0.433 e. The van der Waals surface area contributed by atoms with Crippen LogP contribution < -0.4 is 0 Å². The molecule has 0 aliphatic heterocycles. The van der Waals surface area contributed by atoms with E-state index in [1.54, 1.807) is 0 Å². The summed E-state index contributed by atoms with van der Waals surface area (Å²) in [6.45, 7) is 0. The lowest BCUT2D eigenvalue weighted by Crippen LogP contribution is -2.12. The van der Waals surface area contributed by atoms with Crippen molar-refractivity contribution in [2.45, 2.75) is 12.6 Å². The molecule has 0 amide bonds. The van der Waals surface area contributed by atoms with Crippen LogP contribution in [0.2, 0.25) is 0 Å². The third kappa shape index (κ3) is 2.31. The molecule has 0 radical (unpaired) electrons. The van der Waals surface area contributed by atoms with E-state index in [2.05, 4.69) is 4.98 Å². The lowest BCUT2D eigenvalue weighted by molar-refractivity contribution is -0.141. The highest BCUT2D eigenvalue weighted by Gasteiger charge is 2.35. The maximum atomic E-state index is 12.8. The Kier molecular flexibility index (Phi) is 3.20. The molecule has 1 rings (SSSR count). The molecule has 0 aromatic carbocycles. The van der Waals surface area contributed by atoms with Gasteiger partial charge in [0.05, 0.1) is 5.56 Å². The van der Waals surface area contributed by atoms with Crippen molar-refractivity contribution < 1.29 is 31.1 Å². The Balaban J connectivity index is 3.46. The van der Waals surface area contributed by atoms with Crippen LogP contribution in [0.5, 0.6) is 0 Å². The quantitative estimate of drug-likeness (QED) is 0.454. The van der Waals surface area contributed by atoms with Crippen LogP contribution in [0.3, 0.4) is 0 Å². The normalized spacial score (nSPS) is 11.9. The van der Waals surface area contributed by atoms with Crippen molar-refractivity contribution in [3.8, 4) is 0 Å². The first-order chi connectivity index (χ1) is 7.27. The number of alkyl halides is 5. The second-order valence-corrected chi connectivity index (χ2v) is 2.72. The molecule has 0 unspecified atom stereocenters. The molecule has 0 N–H and O–H groups in total. The van der Waals surface area contributed by atoms with Gasteiger partial charge < -0.3 is 0 Å². The molecule has 0 aliphatic rings. The molecule has 1 aromatic rings. The average Bonchev–Trinajstić information content (AvgIpc) is 2.14. The van der Waals surface area contributed by atoms with Gasteiger partial charge in [0.25, 0.3) is 6.43 Å². The fraction of sp³-hybridized carbons (Fsp3) is 0.250. The van der Waals surface area contributed by atoms with Crippen molar-refractivity contribution >= 4 is 6.29 Å². The van der Waals surface area contributed by atoms with Crippen LogP contribution in [-0.2, 0) is 6.18 Å². The minimum absolute atomic E-state index is 0.0442. The summed E-state index contributed by atoms with van der Waals surface area (Å²) in [6.07, 6.45) is -8.74. The van der Waals surface area contributed by atoms with Crippen LogP contribution in [0.4, 0.5) is 26.3 Å². The highest BCUT2D eigenvalue weighted by molar-refractivity contribution is 5.77. The van der Waals surface area contributed by atoms with Crippen molar-refractivity contribution in [2.24, 2.45) is 0 Å². The van der Waals surface area contributed by atoms with E-state index in [-0.39, 0.29) is 12.4 Å². The predicted octanol–water partition coefficient (Wildman–Crippen LogP) is 2.99. The van der Waals surface area contributed by atoms with Gasteiger partial charge in [-0.1, -0.05) is 0 Å². The molecule has 88 valence electrons. The summed E-state index contributed by atoms with van der Waals surface area (Å²) in [6, 6.07) is -0.0442. The van der Waals surface area contributed by atoms with Crippen molar-refractivity contribution in [3.05, 3.63) is 28.8 Å². The highest BCUT2D eigenvalue weighted by Crippen LogP contribution is 2.32. The van der Waals surface area contributed by atoms with Crippen molar-refractivity contribution in [3.63, 3.8) is 0 Å². The molecule has 2 nitrogen and oxygen atoms in total. The third-order valence-corrected chi connectivity index (χ3v) is 1.69. The highest BCUT2D eigenvalue weighted by atomic mass is 19.4. The number of nitrogens with zero attached hydrogens (tertiary/aromatic N) is 1. The number of aldehydes is 1. The molecule has 0 bridgehead atoms. The molecule has 1 aromatic heterocycles. The lowest BCUT2D eigenvalue weighted by atomic mass is 10.1. The van der Waals surface area contributed by atoms with Crippen LogP contribution in [0.15, 0.2) is 6.07 Å². The molecule has 0 fully saturated rings. The van der Waals surface area contributed by atoms with E-state index in [0.29, 0.717) is 0 Å². The van der Waals surface area contributed by atoms with Crippen LogP contribution >= 0.6 is 0 Å². The van der Waals surface area contributed by atoms with Crippen molar-refractivity contribution in [1.82, 2.24) is 4.98 Å². The first-order valence-corrected chi connectivity index (χ1v) is 3.78. The lowest BCUT2D eigenvalue weighted by Gasteiger charge is -2.10. The van der Waals surface area contributed by atoms with Crippen molar-refractivity contribution in [1.29, 1.82) is 0 Å². The minimum Gasteiger partial charge on any atom is -0.298 e. The number of hydrogen-bond donors (Lipinski definition) is 0. The zero-order valence-corrected chi connectivity index (χ0v) is 7.36. The first kappa shape index (κ1) is 12.5. The number of rotatable bonds is 2. The maximum absolute atomic E-state index is 12.8. The Labute approximate surface area is 84.9 Å². The van der Waals surface area contributed by atoms with Crippen LogP contribution in [-0.4, -0.2) is 11.3 Å². The Morgan fingerprint density at radius 2 is 1.88 bits per heavy atom. The molecule has 0 aliphatic carbocycles. The van der Waals surface area contributed by atoms with E-state index in [9.17, 15) is 31.1 Å². The van der Waals surface area contributed by atoms with Gasteiger partial charge in [0.1, 0.15) is 5.69 Å². The molecule has 0 saturated heterocycles. The first-order valence-electron chi connectivity index (χ1n) is 3.78. The van der Waals surface area contributed by atoms with E-state index < -0.39 is 35.4 Å². The summed E-state index contributed by atoms with van der Waals surface area (Å²) >= 11 is 0. The summed E-state index contributed by atoms with van der Waals surface area (Å²) in [4.78, 5) is 12.6. The smallest absolute Gasteiger partial charge is 0.298 e. The average molecular weight is 243 g/mol. The van der Waals surface area contributed by atoms with Crippen LogP contribution in [0.25, 0.3) is 0 Å². The predicted molar refractivity (Wildman–Crippen MR) is 39.5 cm³/mol. The fourth-order valence-corrected chi connectivity index (χ4v) is 0.985. The number of aromatic nitrogens is 1. The second-order valence-electron chi connectivity index (χ2n) is 2.72. The van der Waals surface area contributed by atoms with E-state index in [4.69, 9.17) is 0 Å². The Morgan fingerprint density at radius 3 is 2.25 bits per heavy atom. The van der Waals surface area contributed by atoms with E-state index in [1.165, 1.54) is 0 Å². The standard InChI is InChI=1S/C8H3F6NO/c9-6(10)3-1-5(8(12,13)14)15-7(11)4(3)2-16/h1-2,6H. The Hall–Kier alpha value is -1.60. The zero-order chi connectivity index (χ0) is 12.5. The third-order valence-electron chi connectivity index (χ3n) is 1.69. The topological polar surface area (TPSA) is 30.0 Å². The largest absolute Gasteiger partial charge is 0.433 e. The number of pyridine rings is 1. The van der Waals surface area contributed by atoms with Gasteiger partial charge in [-0.05, 0) is 6.07 Å². The number of halogens is 6. The Bertz CT molecular complexity index is 414. The van der Waals surface area contributed by atoms with E-state index in [1.807, 2.05) is 0 Å². The second kappa shape index (κ2) is 4.11. The zero-order valence-electron chi connectivity index (χ0n) is 7.36. The summed E-state index contributed by atoms with van der Waals surface area (Å²) in [5.74, 6) is -1.86. The van der Waals surface area contributed by atoms with Gasteiger partial charge in [0.2, 0.25) is 5.95 Å². The Morgan fingerprint density at radius 1 is 1.31 bits per heavy atom. The van der Waals surface area contributed by atoms with E-state index in [0.717, 1.165) is 0 Å². The molecule has 0 saturated carbocycles. The SMILES string of the molecule is O=Cc1c(C(F)F)cc(C(F)(F)F)nc1F. The summed E-state index contributed by atoms with van der Waals surface area (Å²) in [5, 5.41) is 0. The van der Waals surface area contributed by atoms with Gasteiger partial charge >= 0.3 is 6.18 Å². The number of carbonyl (C=O) groups is 1. The molecule has 0 atom stereocenters. The van der Waals surface area contributed by atoms with Gasteiger partial charge in [-0.3, -0.25) is 4.79 Å². The molecule has 1 heterocycles. The van der Waals surface area contributed by atoms with Gasteiger partial charge in [0.15, 0.2) is 6.29 Å². The summed E-state index contributed by atoms with van der Waals surface area (Å²) in [7, 11) is 0. The van der Waals surface area contributed by atoms with Crippen molar-refractivity contribution in [2.75, 3.05) is 0 Å². The van der Waals surface area contributed by atoms with Gasteiger partial charge in [-0.25, -0.2) is 13.8 Å². The minimum atomic E-state index is -5.05. The number of carbonyl (C=O) groups excluding carboxylic acids is 1. The monoisotopic (exact) mass is 243 g/mol. The van der Waals surface area contributed by atoms with E-state index >= 15 is 0 Å². The molecule has 16 heavy (non-hydrogen) atoms. The van der Waals surface area contributed by atoms with Crippen LogP contribution in [0.1, 0.15) is 28.0 Å². The molecule has 0 spiro atoms. The molecular weight excluding hydrogens is 240 g/mol. The van der Waals surface area contributed by atoms with Gasteiger partial charge in [0, 0.05) is 5.56 Å². The summed E-state index contributed by atoms with van der Waals surface area (Å²) in [5.41, 5.74) is -4.29. The van der Waals surface area contributed by atoms with Crippen LogP contribution in [0, 0.1) is 5.95 Å². The summed E-state index contributed by atoms with van der Waals surface area (Å²) < 4.78 is 73.6. The molecule has 8 heteroatoms. The van der Waals surface area contributed by atoms with Gasteiger partial charge in [-0.2, -0.15) is 17.6 Å². The fourth-order valence-electron chi connectivity index (χ4n) is 0.985. The number of hydrogen-bond acceptors (Lipinski definition) is 2. The van der Waals surface area contributed by atoms with Gasteiger partial charge in [-0.15, -0.1) is 0 Å². The molecular formula is C8H3F6NO.